The van der Waals surface area contributed by atoms with Crippen molar-refractivity contribution in [1.29, 1.82) is 5.26 Å². The maximum atomic E-state index is 11.7. The lowest BCUT2D eigenvalue weighted by Crippen LogP contribution is -2.44. The predicted molar refractivity (Wildman–Crippen MR) is 62.2 cm³/mol. The summed E-state index contributed by atoms with van der Waals surface area (Å²) >= 11 is 0. The van der Waals surface area contributed by atoms with Gasteiger partial charge in [-0.3, -0.25) is 0 Å². The topological polar surface area (TPSA) is 79.2 Å². The van der Waals surface area contributed by atoms with Gasteiger partial charge in [-0.1, -0.05) is 13.8 Å². The lowest BCUT2D eigenvalue weighted by Gasteiger charge is -2.22. The monoisotopic (exact) mass is 248 g/mol. The van der Waals surface area contributed by atoms with E-state index in [0.717, 1.165) is 0 Å². The fraction of sp³-hybridized carbons (Fsp3) is 0.900. The van der Waals surface area contributed by atoms with Crippen molar-refractivity contribution in [1.82, 2.24) is 4.72 Å². The van der Waals surface area contributed by atoms with Crippen LogP contribution in [0.5, 0.6) is 0 Å². The lowest BCUT2D eigenvalue weighted by atomic mass is 10.1. The molecule has 0 aromatic heterocycles. The van der Waals surface area contributed by atoms with Gasteiger partial charge in [0.1, 0.15) is 0 Å². The zero-order valence-corrected chi connectivity index (χ0v) is 11.0. The zero-order chi connectivity index (χ0) is 12.8. The van der Waals surface area contributed by atoms with E-state index < -0.39 is 15.3 Å². The van der Waals surface area contributed by atoms with Crippen molar-refractivity contribution in [2.24, 2.45) is 5.92 Å². The molecule has 6 heteroatoms. The van der Waals surface area contributed by atoms with Crippen molar-refractivity contribution in [2.75, 3.05) is 13.2 Å². The van der Waals surface area contributed by atoms with E-state index in [1.165, 1.54) is 6.92 Å². The minimum atomic E-state index is -3.58. The minimum Gasteiger partial charge on any atom is -0.380 e. The van der Waals surface area contributed by atoms with Crippen LogP contribution in [-0.2, 0) is 14.8 Å². The number of hydrogen-bond acceptors (Lipinski definition) is 4. The van der Waals surface area contributed by atoms with Crippen molar-refractivity contribution in [3.05, 3.63) is 0 Å². The molecule has 5 nitrogen and oxygen atoms in total. The summed E-state index contributed by atoms with van der Waals surface area (Å²) in [5.74, 6) is 0.118. The third-order valence-electron chi connectivity index (χ3n) is 2.27. The third-order valence-corrected chi connectivity index (χ3v) is 3.94. The van der Waals surface area contributed by atoms with Gasteiger partial charge in [0, 0.05) is 12.6 Å². The molecule has 0 aliphatic rings. The second kappa shape index (κ2) is 6.84. The molecule has 0 aromatic carbocycles. The fourth-order valence-electron chi connectivity index (χ4n) is 0.990. The van der Waals surface area contributed by atoms with Crippen LogP contribution >= 0.6 is 0 Å². The van der Waals surface area contributed by atoms with E-state index in [-0.39, 0.29) is 12.0 Å². The van der Waals surface area contributed by atoms with Crippen molar-refractivity contribution in [3.8, 4) is 6.07 Å². The molecule has 1 N–H and O–H groups in total. The van der Waals surface area contributed by atoms with Crippen molar-refractivity contribution < 1.29 is 13.2 Å². The molecule has 2 atom stereocenters. The largest absolute Gasteiger partial charge is 0.380 e. The highest BCUT2D eigenvalue weighted by Crippen LogP contribution is 2.06. The molecule has 0 saturated carbocycles. The van der Waals surface area contributed by atoms with Gasteiger partial charge in [-0.2, -0.15) is 5.26 Å². The van der Waals surface area contributed by atoms with Gasteiger partial charge >= 0.3 is 0 Å². The van der Waals surface area contributed by atoms with E-state index >= 15 is 0 Å². The van der Waals surface area contributed by atoms with Gasteiger partial charge in [0.15, 0.2) is 5.25 Å². The second-order valence-electron chi connectivity index (χ2n) is 3.94. The summed E-state index contributed by atoms with van der Waals surface area (Å²) in [6, 6.07) is 1.42. The number of ether oxygens (including phenoxy) is 1. The van der Waals surface area contributed by atoms with Gasteiger partial charge in [-0.05, 0) is 19.8 Å². The van der Waals surface area contributed by atoms with Gasteiger partial charge in [-0.15, -0.1) is 0 Å². The quantitative estimate of drug-likeness (QED) is 0.725. The van der Waals surface area contributed by atoms with Gasteiger partial charge in [0.2, 0.25) is 10.0 Å². The minimum absolute atomic E-state index is 0.118. The van der Waals surface area contributed by atoms with Crippen LogP contribution in [0.2, 0.25) is 0 Å². The Hall–Kier alpha value is -0.640. The summed E-state index contributed by atoms with van der Waals surface area (Å²) in [5, 5.41) is 7.55. The van der Waals surface area contributed by atoms with Gasteiger partial charge in [0.25, 0.3) is 0 Å². The molecule has 0 radical (unpaired) electrons. The Balaban J connectivity index is 4.58. The first-order valence-corrected chi connectivity index (χ1v) is 6.88. The Bertz CT molecular complexity index is 332. The normalized spacial score (nSPS) is 15.8. The summed E-state index contributed by atoms with van der Waals surface area (Å²) in [6.45, 7) is 7.89. The maximum Gasteiger partial charge on any atom is 0.228 e. The van der Waals surface area contributed by atoms with E-state index in [9.17, 15) is 8.42 Å². The molecule has 2 unspecified atom stereocenters. The number of nitrogens with zero attached hydrogens (tertiary/aromatic N) is 1. The Morgan fingerprint density at radius 2 is 1.94 bits per heavy atom. The summed E-state index contributed by atoms with van der Waals surface area (Å²) in [4.78, 5) is 0. The molecule has 0 aliphatic heterocycles. The Morgan fingerprint density at radius 1 is 1.38 bits per heavy atom. The molecule has 0 bridgehead atoms. The van der Waals surface area contributed by atoms with Crippen LogP contribution in [0.1, 0.15) is 27.7 Å². The third kappa shape index (κ3) is 4.92. The molecule has 0 spiro atoms. The second-order valence-corrected chi connectivity index (χ2v) is 5.98. The molecular formula is C10H20N2O3S. The first-order valence-electron chi connectivity index (χ1n) is 5.33. The van der Waals surface area contributed by atoms with E-state index in [0.29, 0.717) is 13.2 Å². The Morgan fingerprint density at radius 3 is 2.31 bits per heavy atom. The van der Waals surface area contributed by atoms with Gasteiger partial charge < -0.3 is 4.74 Å². The van der Waals surface area contributed by atoms with E-state index in [4.69, 9.17) is 10.00 Å². The molecule has 0 rings (SSSR count). The number of rotatable bonds is 7. The van der Waals surface area contributed by atoms with Crippen LogP contribution in [0.25, 0.3) is 0 Å². The van der Waals surface area contributed by atoms with Crippen molar-refractivity contribution in [2.45, 2.75) is 39.0 Å². The van der Waals surface area contributed by atoms with Crippen LogP contribution in [0.4, 0.5) is 0 Å². The smallest absolute Gasteiger partial charge is 0.228 e. The Kier molecular flexibility index (Phi) is 6.56. The van der Waals surface area contributed by atoms with E-state index in [2.05, 4.69) is 4.72 Å². The zero-order valence-electron chi connectivity index (χ0n) is 10.2. The first-order chi connectivity index (χ1) is 7.35. The average molecular weight is 248 g/mol. The van der Waals surface area contributed by atoms with Crippen LogP contribution in [0, 0.1) is 17.2 Å². The van der Waals surface area contributed by atoms with Crippen LogP contribution in [0.3, 0.4) is 0 Å². The highest BCUT2D eigenvalue weighted by atomic mass is 32.2. The molecule has 0 amide bonds. The van der Waals surface area contributed by atoms with Crippen LogP contribution in [0.15, 0.2) is 0 Å². The fourth-order valence-corrected chi connectivity index (χ4v) is 2.09. The summed E-state index contributed by atoms with van der Waals surface area (Å²) < 4.78 is 31.0. The number of nitrogens with one attached hydrogen (secondary N) is 1. The van der Waals surface area contributed by atoms with Crippen LogP contribution < -0.4 is 4.72 Å². The van der Waals surface area contributed by atoms with E-state index in [1.54, 1.807) is 6.07 Å². The molecule has 16 heavy (non-hydrogen) atoms. The SMILES string of the molecule is CCOCC(NS(=O)(=O)C(C)C#N)C(C)C. The maximum absolute atomic E-state index is 11.7. The summed E-state index contributed by atoms with van der Waals surface area (Å²) in [6.07, 6.45) is 0. The molecule has 0 aromatic rings. The summed E-state index contributed by atoms with van der Waals surface area (Å²) in [7, 11) is -3.58. The lowest BCUT2D eigenvalue weighted by molar-refractivity contribution is 0.116. The summed E-state index contributed by atoms with van der Waals surface area (Å²) in [5.41, 5.74) is 0. The molecule has 94 valence electrons. The van der Waals surface area contributed by atoms with Gasteiger partial charge in [0.05, 0.1) is 12.7 Å². The average Bonchev–Trinajstić information content (AvgIpc) is 2.22. The molecule has 0 aliphatic carbocycles. The predicted octanol–water partition coefficient (Wildman–Crippen LogP) is 0.879. The first kappa shape index (κ1) is 15.4. The number of sulfonamides is 1. The van der Waals surface area contributed by atoms with Crippen LogP contribution in [-0.4, -0.2) is 32.9 Å². The van der Waals surface area contributed by atoms with Crippen molar-refractivity contribution >= 4 is 10.0 Å². The highest BCUT2D eigenvalue weighted by molar-refractivity contribution is 7.90. The van der Waals surface area contributed by atoms with Crippen molar-refractivity contribution in [3.63, 3.8) is 0 Å². The van der Waals surface area contributed by atoms with Gasteiger partial charge in [-0.25, -0.2) is 13.1 Å². The molecule has 0 saturated heterocycles. The highest BCUT2D eigenvalue weighted by Gasteiger charge is 2.25. The Labute approximate surface area is 97.8 Å². The molecular weight excluding hydrogens is 228 g/mol. The molecule has 0 fully saturated rings. The molecule has 0 heterocycles. The number of hydrogen-bond donors (Lipinski definition) is 1. The van der Waals surface area contributed by atoms with E-state index in [1.807, 2.05) is 20.8 Å². The standard InChI is InChI=1S/C10H20N2O3S/c1-5-15-7-10(8(2)3)12-16(13,14)9(4)6-11/h8-10,12H,5,7H2,1-4H3. The number of nitriles is 1.